The van der Waals surface area contributed by atoms with E-state index in [9.17, 15) is 4.55 Å². The number of pyridine rings is 1. The smallest absolute Gasteiger partial charge is 0.232 e. The summed E-state index contributed by atoms with van der Waals surface area (Å²) in [4.78, 5) is 14.6. The molecule has 182 valence electrons. The lowest BCUT2D eigenvalue weighted by Crippen LogP contribution is -2.28. The van der Waals surface area contributed by atoms with Crippen molar-refractivity contribution < 1.29 is 9.29 Å². The van der Waals surface area contributed by atoms with Crippen molar-refractivity contribution >= 4 is 56.5 Å². The number of aromatic nitrogens is 1. The van der Waals surface area contributed by atoms with Gasteiger partial charge in [-0.2, -0.15) is 0 Å². The number of nitrogens with two attached hydrogens (primary N) is 1. The summed E-state index contributed by atoms with van der Waals surface area (Å²) in [6.07, 6.45) is 6.77. The number of benzene rings is 1. The Labute approximate surface area is 213 Å². The van der Waals surface area contributed by atoms with Gasteiger partial charge in [0.2, 0.25) is 4.21 Å². The van der Waals surface area contributed by atoms with Crippen molar-refractivity contribution in [1.29, 1.82) is 0 Å². The first-order chi connectivity index (χ1) is 17.1. The van der Waals surface area contributed by atoms with E-state index in [2.05, 4.69) is 34.9 Å². The fourth-order valence-corrected chi connectivity index (χ4v) is 7.70. The maximum Gasteiger partial charge on any atom is 0.232 e. The Morgan fingerprint density at radius 3 is 2.63 bits per heavy atom. The van der Waals surface area contributed by atoms with Gasteiger partial charge in [-0.25, -0.2) is 15.0 Å². The molecule has 5 rings (SSSR count). The zero-order valence-corrected chi connectivity index (χ0v) is 21.5. The van der Waals surface area contributed by atoms with Gasteiger partial charge in [-0.1, -0.05) is 41.7 Å². The summed E-state index contributed by atoms with van der Waals surface area (Å²) < 4.78 is 19.4. The van der Waals surface area contributed by atoms with E-state index in [4.69, 9.17) is 15.5 Å². The van der Waals surface area contributed by atoms with Crippen LogP contribution < -0.4 is 5.73 Å². The summed E-state index contributed by atoms with van der Waals surface area (Å²) in [6, 6.07) is 12.2. The van der Waals surface area contributed by atoms with E-state index in [1.807, 2.05) is 31.3 Å². The molecular formula is C27H30N4O2S2. The normalized spacial score (nSPS) is 19.0. The third-order valence-electron chi connectivity index (χ3n) is 6.83. The molecule has 8 heteroatoms. The van der Waals surface area contributed by atoms with Gasteiger partial charge in [-0.3, -0.25) is 0 Å². The molecule has 1 aliphatic carbocycles. The van der Waals surface area contributed by atoms with Gasteiger partial charge in [0.15, 0.2) is 0 Å². The van der Waals surface area contributed by atoms with E-state index in [1.54, 1.807) is 0 Å². The predicted octanol–water partition coefficient (Wildman–Crippen LogP) is 6.09. The Hall–Kier alpha value is -2.52. The van der Waals surface area contributed by atoms with Crippen molar-refractivity contribution in [1.82, 2.24) is 4.98 Å². The van der Waals surface area contributed by atoms with Gasteiger partial charge < -0.3 is 15.0 Å². The summed E-state index contributed by atoms with van der Waals surface area (Å²) in [6.45, 7) is 7.18. The largest absolute Gasteiger partial charge is 0.611 e. The van der Waals surface area contributed by atoms with Crippen LogP contribution >= 0.6 is 11.3 Å². The zero-order valence-electron chi connectivity index (χ0n) is 19.9. The Bertz CT molecular complexity index is 1280. The number of nitrogen functional groups attached to an aromatic ring is 1. The number of hydrogen-bond donors (Lipinski definition) is 1. The first kappa shape index (κ1) is 24.2. The maximum absolute atomic E-state index is 13.2. The molecule has 0 radical (unpaired) electrons. The van der Waals surface area contributed by atoms with Crippen LogP contribution in [0.4, 0.5) is 5.69 Å². The predicted molar refractivity (Wildman–Crippen MR) is 148 cm³/mol. The van der Waals surface area contributed by atoms with Gasteiger partial charge in [-0.15, -0.1) is 0 Å². The molecule has 1 saturated heterocycles. The third-order valence-corrected chi connectivity index (χ3v) is 10.1. The Morgan fingerprint density at radius 2 is 1.97 bits per heavy atom. The van der Waals surface area contributed by atoms with Crippen molar-refractivity contribution in [3.8, 4) is 11.1 Å². The summed E-state index contributed by atoms with van der Waals surface area (Å²) in [5, 5.41) is 1.09. The summed E-state index contributed by atoms with van der Waals surface area (Å²) >= 11 is 0.366. The number of ether oxygens (including phenoxy) is 1. The SMILES string of the molecule is C=N/C(=N\C=C(/C)c1cc(-c2ccccc2)c2c(N)c([S+]([O-])C3CCC3)sc2n1)C1CCOCC1. The standard InChI is InChI=1S/C27H30N4O2S2/c1-17(16-30-25(29-2)19-11-13-33-14-12-19)22-15-21(18-7-4-3-5-8-18)23-24(28)27(34-26(23)31-22)35(32)20-9-6-10-20/h3-5,7-8,15-16,19-20H,2,6,9-14,28H2,1H3/b17-16+,30-25-. The summed E-state index contributed by atoms with van der Waals surface area (Å²) in [5.41, 5.74) is 11.0. The van der Waals surface area contributed by atoms with Crippen molar-refractivity contribution in [2.24, 2.45) is 15.9 Å². The number of aliphatic imine (C=N–C) groups is 2. The molecule has 2 fully saturated rings. The van der Waals surface area contributed by atoms with E-state index in [0.717, 1.165) is 88.0 Å². The molecule has 6 nitrogen and oxygen atoms in total. The molecule has 0 bridgehead atoms. The Kier molecular flexibility index (Phi) is 7.34. The number of amidine groups is 1. The highest BCUT2D eigenvalue weighted by Crippen LogP contribution is 2.45. The summed E-state index contributed by atoms with van der Waals surface area (Å²) in [7, 11) is 0. The number of anilines is 1. The van der Waals surface area contributed by atoms with E-state index < -0.39 is 11.2 Å². The van der Waals surface area contributed by atoms with Gasteiger partial charge in [0.25, 0.3) is 0 Å². The lowest BCUT2D eigenvalue weighted by molar-refractivity contribution is 0.0826. The van der Waals surface area contributed by atoms with E-state index >= 15 is 0 Å². The van der Waals surface area contributed by atoms with Crippen LogP contribution in [-0.2, 0) is 15.9 Å². The molecule has 0 amide bonds. The van der Waals surface area contributed by atoms with Crippen LogP contribution in [0.2, 0.25) is 0 Å². The van der Waals surface area contributed by atoms with Gasteiger partial charge in [0.05, 0.1) is 5.69 Å². The Balaban J connectivity index is 1.58. The zero-order chi connectivity index (χ0) is 24.4. The second-order valence-corrected chi connectivity index (χ2v) is 12.0. The number of fused-ring (bicyclic) bond motifs is 1. The monoisotopic (exact) mass is 506 g/mol. The molecule has 0 spiro atoms. The minimum absolute atomic E-state index is 0.205. The fourth-order valence-electron chi connectivity index (χ4n) is 4.49. The number of rotatable bonds is 6. The average Bonchev–Trinajstić information content (AvgIpc) is 3.20. The molecule has 2 N–H and O–H groups in total. The van der Waals surface area contributed by atoms with E-state index in [0.29, 0.717) is 5.69 Å². The van der Waals surface area contributed by atoms with Gasteiger partial charge in [-0.05, 0) is 68.5 Å². The molecule has 2 aromatic heterocycles. The van der Waals surface area contributed by atoms with Crippen LogP contribution in [0.1, 0.15) is 44.7 Å². The first-order valence-corrected chi connectivity index (χ1v) is 14.1. The topological polar surface area (TPSA) is 95.9 Å². The van der Waals surface area contributed by atoms with Crippen LogP contribution in [0.25, 0.3) is 26.9 Å². The molecule has 1 atom stereocenters. The van der Waals surface area contributed by atoms with Crippen molar-refractivity contribution in [2.75, 3.05) is 18.9 Å². The van der Waals surface area contributed by atoms with Gasteiger partial charge in [0, 0.05) is 41.9 Å². The molecule has 2 aliphatic rings. The van der Waals surface area contributed by atoms with Crippen molar-refractivity contribution in [3.63, 3.8) is 0 Å². The molecule has 1 unspecified atom stereocenters. The van der Waals surface area contributed by atoms with Gasteiger partial charge >= 0.3 is 0 Å². The minimum Gasteiger partial charge on any atom is -0.611 e. The molecule has 3 heterocycles. The molecule has 35 heavy (non-hydrogen) atoms. The van der Waals surface area contributed by atoms with E-state index in [1.165, 1.54) is 11.3 Å². The van der Waals surface area contributed by atoms with Crippen molar-refractivity contribution in [2.45, 2.75) is 48.5 Å². The average molecular weight is 507 g/mol. The highest BCUT2D eigenvalue weighted by Gasteiger charge is 2.35. The van der Waals surface area contributed by atoms with Crippen molar-refractivity contribution in [3.05, 3.63) is 48.3 Å². The summed E-state index contributed by atoms with van der Waals surface area (Å²) in [5.74, 6) is 1.01. The maximum atomic E-state index is 13.2. The first-order valence-electron chi connectivity index (χ1n) is 12.0. The second-order valence-electron chi connectivity index (χ2n) is 9.10. The fraction of sp³-hybridized carbons (Fsp3) is 0.370. The Morgan fingerprint density at radius 1 is 1.23 bits per heavy atom. The number of allylic oxidation sites excluding steroid dienone is 1. The second kappa shape index (κ2) is 10.6. The molecule has 3 aromatic rings. The quantitative estimate of drug-likeness (QED) is 0.248. The lowest BCUT2D eigenvalue weighted by Gasteiger charge is -2.27. The molecular weight excluding hydrogens is 476 g/mol. The van der Waals surface area contributed by atoms with Crippen LogP contribution in [-0.4, -0.2) is 40.6 Å². The third kappa shape index (κ3) is 4.93. The number of nitrogens with zero attached hydrogens (tertiary/aromatic N) is 3. The minimum atomic E-state index is -1.09. The van der Waals surface area contributed by atoms with Crippen LogP contribution in [0.15, 0.2) is 56.8 Å². The van der Waals surface area contributed by atoms with E-state index in [-0.39, 0.29) is 11.2 Å². The number of hydrogen-bond acceptors (Lipinski definition) is 6. The highest BCUT2D eigenvalue weighted by molar-refractivity contribution is 7.94. The number of thiophene rings is 1. The van der Waals surface area contributed by atoms with Crippen LogP contribution in [0.5, 0.6) is 0 Å². The molecule has 1 saturated carbocycles. The highest BCUT2D eigenvalue weighted by atomic mass is 32.2. The molecule has 1 aliphatic heterocycles. The van der Waals surface area contributed by atoms with Crippen LogP contribution in [0.3, 0.4) is 0 Å². The van der Waals surface area contributed by atoms with Crippen LogP contribution in [0, 0.1) is 5.92 Å². The van der Waals surface area contributed by atoms with Gasteiger partial charge in [0.1, 0.15) is 21.6 Å². The molecule has 1 aromatic carbocycles. The lowest BCUT2D eigenvalue weighted by atomic mass is 9.99.